The Morgan fingerprint density at radius 2 is 2.16 bits per heavy atom. The highest BCUT2D eigenvalue weighted by molar-refractivity contribution is 6.31. The molecule has 4 heteroatoms. The van der Waals surface area contributed by atoms with Crippen molar-refractivity contribution < 1.29 is 0 Å². The average molecular weight is 276 g/mol. The first-order valence-corrected chi connectivity index (χ1v) is 6.83. The molecule has 3 nitrogen and oxygen atoms in total. The van der Waals surface area contributed by atoms with Gasteiger partial charge < -0.3 is 5.32 Å². The molecule has 0 fully saturated rings. The molecule has 1 N–H and O–H groups in total. The van der Waals surface area contributed by atoms with E-state index in [-0.39, 0.29) is 6.04 Å². The van der Waals surface area contributed by atoms with E-state index >= 15 is 0 Å². The molecule has 2 aromatic rings. The Kier molecular flexibility index (Phi) is 4.88. The molecule has 2 rings (SSSR count). The fourth-order valence-electron chi connectivity index (χ4n) is 2.13. The van der Waals surface area contributed by atoms with Crippen LogP contribution >= 0.6 is 11.6 Å². The molecular formula is C15H18ClN3. The van der Waals surface area contributed by atoms with Crippen LogP contribution in [0.2, 0.25) is 5.02 Å². The van der Waals surface area contributed by atoms with E-state index in [1.807, 2.05) is 19.2 Å². The van der Waals surface area contributed by atoms with Gasteiger partial charge in [0.2, 0.25) is 0 Å². The van der Waals surface area contributed by atoms with Crippen LogP contribution in [0, 0.1) is 6.92 Å². The van der Waals surface area contributed by atoms with Gasteiger partial charge in [-0.05, 0) is 49.2 Å². The largest absolute Gasteiger partial charge is 0.310 e. The molecule has 1 unspecified atom stereocenters. The van der Waals surface area contributed by atoms with Gasteiger partial charge in [-0.15, -0.1) is 0 Å². The Balaban J connectivity index is 2.24. The zero-order valence-corrected chi connectivity index (χ0v) is 12.0. The number of halogens is 1. The van der Waals surface area contributed by atoms with Crippen molar-refractivity contribution >= 4 is 11.6 Å². The van der Waals surface area contributed by atoms with E-state index in [1.54, 1.807) is 12.4 Å². The Morgan fingerprint density at radius 3 is 2.84 bits per heavy atom. The SMILES string of the molecule is CCNC(Cc1ccncc1Cl)c1ccnc(C)c1. The Labute approximate surface area is 119 Å². The zero-order valence-electron chi connectivity index (χ0n) is 11.2. The van der Waals surface area contributed by atoms with Crippen LogP contribution in [0.5, 0.6) is 0 Å². The maximum atomic E-state index is 6.18. The van der Waals surface area contributed by atoms with Gasteiger partial charge >= 0.3 is 0 Å². The fraction of sp³-hybridized carbons (Fsp3) is 0.333. The van der Waals surface area contributed by atoms with E-state index in [9.17, 15) is 0 Å². The molecule has 100 valence electrons. The Morgan fingerprint density at radius 1 is 1.32 bits per heavy atom. The summed E-state index contributed by atoms with van der Waals surface area (Å²) in [4.78, 5) is 8.27. The number of nitrogens with zero attached hydrogens (tertiary/aromatic N) is 2. The summed E-state index contributed by atoms with van der Waals surface area (Å²) < 4.78 is 0. The summed E-state index contributed by atoms with van der Waals surface area (Å²) in [5.41, 5.74) is 3.38. The summed E-state index contributed by atoms with van der Waals surface area (Å²) in [7, 11) is 0. The first-order chi connectivity index (χ1) is 9.20. The van der Waals surface area contributed by atoms with Crippen molar-refractivity contribution in [3.63, 3.8) is 0 Å². The minimum atomic E-state index is 0.242. The van der Waals surface area contributed by atoms with Crippen LogP contribution in [0.4, 0.5) is 0 Å². The maximum absolute atomic E-state index is 6.18. The average Bonchev–Trinajstić information content (AvgIpc) is 2.40. The lowest BCUT2D eigenvalue weighted by Gasteiger charge is -2.19. The minimum Gasteiger partial charge on any atom is -0.310 e. The summed E-state index contributed by atoms with van der Waals surface area (Å²) >= 11 is 6.18. The zero-order chi connectivity index (χ0) is 13.7. The van der Waals surface area contributed by atoms with Crippen molar-refractivity contribution in [1.82, 2.24) is 15.3 Å². The van der Waals surface area contributed by atoms with Gasteiger partial charge in [0, 0.05) is 30.3 Å². The van der Waals surface area contributed by atoms with E-state index in [1.165, 1.54) is 5.56 Å². The third-order valence-corrected chi connectivity index (χ3v) is 3.39. The van der Waals surface area contributed by atoms with Crippen molar-refractivity contribution in [3.8, 4) is 0 Å². The summed E-state index contributed by atoms with van der Waals surface area (Å²) in [6, 6.07) is 6.38. The van der Waals surface area contributed by atoms with Gasteiger partial charge in [-0.1, -0.05) is 18.5 Å². The molecule has 19 heavy (non-hydrogen) atoms. The van der Waals surface area contributed by atoms with E-state index < -0.39 is 0 Å². The van der Waals surface area contributed by atoms with Crippen molar-refractivity contribution in [3.05, 3.63) is 58.6 Å². The molecule has 0 aliphatic rings. The molecule has 0 aliphatic heterocycles. The van der Waals surface area contributed by atoms with Crippen molar-refractivity contribution in [2.45, 2.75) is 26.3 Å². The lowest BCUT2D eigenvalue weighted by molar-refractivity contribution is 0.548. The van der Waals surface area contributed by atoms with Crippen LogP contribution in [0.15, 0.2) is 36.8 Å². The highest BCUT2D eigenvalue weighted by atomic mass is 35.5. The standard InChI is InChI=1S/C15H18ClN3/c1-3-18-15(13-5-7-19-11(2)8-13)9-12-4-6-17-10-14(12)16/h4-8,10,15,18H,3,9H2,1-2H3. The number of pyridine rings is 2. The summed E-state index contributed by atoms with van der Waals surface area (Å²) in [6.45, 7) is 5.02. The Hall–Kier alpha value is -1.45. The van der Waals surface area contributed by atoms with E-state index in [2.05, 4.69) is 34.3 Å². The molecule has 0 radical (unpaired) electrons. The predicted molar refractivity (Wildman–Crippen MR) is 78.3 cm³/mol. The quantitative estimate of drug-likeness (QED) is 0.909. The maximum Gasteiger partial charge on any atom is 0.0622 e. The summed E-state index contributed by atoms with van der Waals surface area (Å²) in [5, 5.41) is 4.21. The smallest absolute Gasteiger partial charge is 0.0622 e. The second kappa shape index (κ2) is 6.64. The molecule has 2 aromatic heterocycles. The van der Waals surface area contributed by atoms with Crippen molar-refractivity contribution in [1.29, 1.82) is 0 Å². The number of hydrogen-bond donors (Lipinski definition) is 1. The number of rotatable bonds is 5. The van der Waals surface area contributed by atoms with Gasteiger partial charge in [0.1, 0.15) is 0 Å². The van der Waals surface area contributed by atoms with Crippen LogP contribution in [0.3, 0.4) is 0 Å². The van der Waals surface area contributed by atoms with Gasteiger partial charge in [-0.25, -0.2) is 0 Å². The summed E-state index contributed by atoms with van der Waals surface area (Å²) in [5.74, 6) is 0. The number of hydrogen-bond acceptors (Lipinski definition) is 3. The van der Waals surface area contributed by atoms with E-state index in [4.69, 9.17) is 11.6 Å². The molecule has 0 saturated heterocycles. The van der Waals surface area contributed by atoms with Gasteiger partial charge in [-0.2, -0.15) is 0 Å². The van der Waals surface area contributed by atoms with E-state index in [0.29, 0.717) is 0 Å². The Bertz CT molecular complexity index is 542. The molecule has 0 aliphatic carbocycles. The second-order valence-electron chi connectivity index (χ2n) is 4.51. The highest BCUT2D eigenvalue weighted by Crippen LogP contribution is 2.22. The third-order valence-electron chi connectivity index (χ3n) is 3.05. The van der Waals surface area contributed by atoms with Crippen molar-refractivity contribution in [2.24, 2.45) is 0 Å². The number of likely N-dealkylation sites (N-methyl/N-ethyl adjacent to an activating group) is 1. The normalized spacial score (nSPS) is 12.4. The van der Waals surface area contributed by atoms with Crippen LogP contribution in [0.1, 0.15) is 29.8 Å². The topological polar surface area (TPSA) is 37.8 Å². The van der Waals surface area contributed by atoms with Crippen LogP contribution in [-0.2, 0) is 6.42 Å². The lowest BCUT2D eigenvalue weighted by atomic mass is 9.99. The van der Waals surface area contributed by atoms with Gasteiger partial charge in [0.25, 0.3) is 0 Å². The second-order valence-corrected chi connectivity index (χ2v) is 4.92. The van der Waals surface area contributed by atoms with E-state index in [0.717, 1.165) is 29.2 Å². The predicted octanol–water partition coefficient (Wildman–Crippen LogP) is 3.33. The van der Waals surface area contributed by atoms with Crippen LogP contribution in [-0.4, -0.2) is 16.5 Å². The molecule has 0 amide bonds. The van der Waals surface area contributed by atoms with Gasteiger partial charge in [0.15, 0.2) is 0 Å². The van der Waals surface area contributed by atoms with Crippen LogP contribution in [0.25, 0.3) is 0 Å². The first-order valence-electron chi connectivity index (χ1n) is 6.45. The number of aromatic nitrogens is 2. The highest BCUT2D eigenvalue weighted by Gasteiger charge is 2.13. The minimum absolute atomic E-state index is 0.242. The lowest BCUT2D eigenvalue weighted by Crippen LogP contribution is -2.23. The monoisotopic (exact) mass is 275 g/mol. The van der Waals surface area contributed by atoms with Crippen LogP contribution < -0.4 is 5.32 Å². The van der Waals surface area contributed by atoms with Gasteiger partial charge in [0.05, 0.1) is 5.02 Å². The molecule has 0 bridgehead atoms. The van der Waals surface area contributed by atoms with Gasteiger partial charge in [-0.3, -0.25) is 9.97 Å². The molecule has 0 saturated carbocycles. The molecule has 0 aromatic carbocycles. The third kappa shape index (κ3) is 3.75. The molecular weight excluding hydrogens is 258 g/mol. The molecule has 2 heterocycles. The fourth-order valence-corrected chi connectivity index (χ4v) is 2.32. The number of nitrogens with one attached hydrogen (secondary N) is 1. The molecule has 0 spiro atoms. The number of aryl methyl sites for hydroxylation is 1. The summed E-state index contributed by atoms with van der Waals surface area (Å²) in [6.07, 6.45) is 6.17. The first kappa shape index (κ1) is 14.0. The molecule has 1 atom stereocenters. The van der Waals surface area contributed by atoms with Crippen molar-refractivity contribution in [2.75, 3.05) is 6.54 Å².